The molecule has 1 saturated heterocycles. The lowest BCUT2D eigenvalue weighted by Crippen LogP contribution is -2.33. The van der Waals surface area contributed by atoms with Crippen LogP contribution in [0, 0.1) is 0 Å². The van der Waals surface area contributed by atoms with E-state index in [1.807, 2.05) is 0 Å². The lowest BCUT2D eigenvalue weighted by atomic mass is 10.1. The lowest BCUT2D eigenvalue weighted by Gasteiger charge is -2.14. The molecule has 1 aliphatic heterocycles. The van der Waals surface area contributed by atoms with Gasteiger partial charge in [-0.1, -0.05) is 0 Å². The number of hydrogen-bond donors (Lipinski definition) is 4. The second-order valence-corrected chi connectivity index (χ2v) is 3.31. The molecule has 1 aliphatic rings. The molecule has 0 amide bonds. The van der Waals surface area contributed by atoms with Crippen molar-refractivity contribution < 1.29 is 25.2 Å². The van der Waals surface area contributed by atoms with Gasteiger partial charge in [0.15, 0.2) is 6.29 Å². The fourth-order valence-electron chi connectivity index (χ4n) is 1.17. The number of hydrogen-bond acceptors (Lipinski definition) is 5. The monoisotopic (exact) mass is 190 g/mol. The van der Waals surface area contributed by atoms with Crippen molar-refractivity contribution in [2.24, 2.45) is 0 Å². The largest absolute Gasteiger partial charge is 0.510 e. The maximum Gasteiger partial charge on any atom is 0.184 e. The normalized spacial score (nSPS) is 39.2. The third-order valence-corrected chi connectivity index (χ3v) is 2.02. The van der Waals surface area contributed by atoms with Crippen LogP contribution in [0.15, 0.2) is 11.3 Å². The lowest BCUT2D eigenvalue weighted by molar-refractivity contribution is -0.125. The third-order valence-electron chi connectivity index (χ3n) is 2.02. The van der Waals surface area contributed by atoms with Gasteiger partial charge in [-0.05, 0) is 19.4 Å². The first-order chi connectivity index (χ1) is 5.95. The predicted octanol–water partition coefficient (Wildman–Crippen LogP) is -0.723. The van der Waals surface area contributed by atoms with Gasteiger partial charge in [0.2, 0.25) is 0 Å². The van der Waals surface area contributed by atoms with Crippen molar-refractivity contribution in [2.45, 2.75) is 38.4 Å². The zero-order chi connectivity index (χ0) is 10.2. The Morgan fingerprint density at radius 3 is 1.92 bits per heavy atom. The van der Waals surface area contributed by atoms with Gasteiger partial charge in [0.25, 0.3) is 0 Å². The fourth-order valence-corrected chi connectivity index (χ4v) is 1.17. The van der Waals surface area contributed by atoms with Crippen molar-refractivity contribution in [2.75, 3.05) is 0 Å². The van der Waals surface area contributed by atoms with Crippen LogP contribution in [0.4, 0.5) is 0 Å². The van der Waals surface area contributed by atoms with Gasteiger partial charge in [-0.25, -0.2) is 0 Å². The quantitative estimate of drug-likeness (QED) is 0.409. The minimum absolute atomic E-state index is 0.150. The third kappa shape index (κ3) is 1.83. The van der Waals surface area contributed by atoms with Crippen molar-refractivity contribution >= 4 is 0 Å². The van der Waals surface area contributed by atoms with Gasteiger partial charge >= 0.3 is 0 Å². The highest BCUT2D eigenvalue weighted by atomic mass is 16.6. The Morgan fingerprint density at radius 1 is 1.08 bits per heavy atom. The summed E-state index contributed by atoms with van der Waals surface area (Å²) in [6, 6.07) is 0. The molecule has 5 nitrogen and oxygen atoms in total. The molecule has 1 fully saturated rings. The molecule has 1 rings (SSSR count). The summed E-state index contributed by atoms with van der Waals surface area (Å²) in [5, 5.41) is 36.8. The van der Waals surface area contributed by atoms with Crippen LogP contribution in [0.5, 0.6) is 0 Å². The molecule has 13 heavy (non-hydrogen) atoms. The summed E-state index contributed by atoms with van der Waals surface area (Å²) in [6.07, 6.45) is -5.13. The van der Waals surface area contributed by atoms with E-state index in [1.165, 1.54) is 0 Å². The molecule has 4 N–H and O–H groups in total. The molecule has 5 heteroatoms. The highest BCUT2D eigenvalue weighted by molar-refractivity contribution is 5.11. The first-order valence-corrected chi connectivity index (χ1v) is 4.01. The fraction of sp³-hybridized carbons (Fsp3) is 0.750. The van der Waals surface area contributed by atoms with Crippen LogP contribution in [-0.4, -0.2) is 45.0 Å². The van der Waals surface area contributed by atoms with Gasteiger partial charge in [-0.2, -0.15) is 0 Å². The molecular weight excluding hydrogens is 176 g/mol. The number of aliphatic hydroxyl groups is 4. The molecule has 0 aromatic carbocycles. The van der Waals surface area contributed by atoms with Crippen LogP contribution in [0.1, 0.15) is 13.8 Å². The topological polar surface area (TPSA) is 90.2 Å². The summed E-state index contributed by atoms with van der Waals surface area (Å²) in [6.45, 7) is 3.28. The van der Waals surface area contributed by atoms with Crippen molar-refractivity contribution in [1.29, 1.82) is 0 Å². The molecule has 0 aromatic heterocycles. The van der Waals surface area contributed by atoms with Gasteiger partial charge in [0.05, 0.1) is 0 Å². The average Bonchev–Trinajstić information content (AvgIpc) is 2.31. The van der Waals surface area contributed by atoms with E-state index in [-0.39, 0.29) is 5.76 Å². The summed E-state index contributed by atoms with van der Waals surface area (Å²) in [5.41, 5.74) is 0.574. The van der Waals surface area contributed by atoms with Crippen LogP contribution < -0.4 is 0 Å². The second kappa shape index (κ2) is 3.63. The molecule has 1 unspecified atom stereocenters. The van der Waals surface area contributed by atoms with E-state index in [9.17, 15) is 10.2 Å². The number of rotatable bonds is 1. The van der Waals surface area contributed by atoms with E-state index in [2.05, 4.69) is 0 Å². The van der Waals surface area contributed by atoms with Crippen LogP contribution in [0.25, 0.3) is 0 Å². The van der Waals surface area contributed by atoms with Crippen LogP contribution in [0.2, 0.25) is 0 Å². The van der Waals surface area contributed by atoms with E-state index in [0.717, 1.165) is 0 Å². The Hall–Kier alpha value is -0.620. The molecule has 76 valence electrons. The smallest absolute Gasteiger partial charge is 0.184 e. The van der Waals surface area contributed by atoms with E-state index < -0.39 is 24.6 Å². The van der Waals surface area contributed by atoms with Crippen molar-refractivity contribution in [3.63, 3.8) is 0 Å². The molecule has 0 radical (unpaired) electrons. The summed E-state index contributed by atoms with van der Waals surface area (Å²) < 4.78 is 4.76. The molecule has 0 aliphatic carbocycles. The Labute approximate surface area is 75.9 Å². The van der Waals surface area contributed by atoms with Gasteiger partial charge in [0.1, 0.15) is 24.1 Å². The van der Waals surface area contributed by atoms with Gasteiger partial charge in [-0.15, -0.1) is 0 Å². The van der Waals surface area contributed by atoms with Crippen LogP contribution in [0.3, 0.4) is 0 Å². The number of ether oxygens (including phenoxy) is 1. The Bertz CT molecular complexity index is 221. The number of aliphatic hydroxyl groups excluding tert-OH is 4. The second-order valence-electron chi connectivity index (χ2n) is 3.31. The molecule has 0 bridgehead atoms. The van der Waals surface area contributed by atoms with Crippen molar-refractivity contribution in [1.82, 2.24) is 0 Å². The molecular formula is C8H14O5. The van der Waals surface area contributed by atoms with Crippen molar-refractivity contribution in [3.05, 3.63) is 11.3 Å². The van der Waals surface area contributed by atoms with E-state index >= 15 is 0 Å². The predicted molar refractivity (Wildman–Crippen MR) is 43.9 cm³/mol. The first-order valence-electron chi connectivity index (χ1n) is 4.01. The average molecular weight is 190 g/mol. The molecule has 4 atom stereocenters. The minimum atomic E-state index is -1.44. The Morgan fingerprint density at radius 2 is 1.62 bits per heavy atom. The highest BCUT2D eigenvalue weighted by Gasteiger charge is 2.44. The molecule has 1 heterocycles. The maximum absolute atomic E-state index is 9.40. The summed E-state index contributed by atoms with van der Waals surface area (Å²) in [7, 11) is 0. The Kier molecular flexibility index (Phi) is 2.92. The highest BCUT2D eigenvalue weighted by Crippen LogP contribution is 2.25. The zero-order valence-electron chi connectivity index (χ0n) is 7.51. The minimum Gasteiger partial charge on any atom is -0.510 e. The first kappa shape index (κ1) is 10.5. The standard InChI is InChI=1S/C8H14O5/c1-3(2)4(9)7-5(10)6(11)8(12)13-7/h5-12H,1-2H3/t5-,6+,7+,8?/m0/s1. The summed E-state index contributed by atoms with van der Waals surface area (Å²) in [5.74, 6) is -0.150. The van der Waals surface area contributed by atoms with Crippen LogP contribution in [-0.2, 0) is 4.74 Å². The van der Waals surface area contributed by atoms with Crippen LogP contribution >= 0.6 is 0 Å². The van der Waals surface area contributed by atoms with Gasteiger partial charge in [0, 0.05) is 0 Å². The van der Waals surface area contributed by atoms with E-state index in [4.69, 9.17) is 14.9 Å². The zero-order valence-corrected chi connectivity index (χ0v) is 7.51. The van der Waals surface area contributed by atoms with Gasteiger partial charge in [-0.3, -0.25) is 0 Å². The summed E-state index contributed by atoms with van der Waals surface area (Å²) in [4.78, 5) is 0. The molecule has 0 saturated carbocycles. The SMILES string of the molecule is CC(C)=C(O)[C@H]1OC(O)[C@H](O)[C@@H]1O. The van der Waals surface area contributed by atoms with Gasteiger partial charge < -0.3 is 25.2 Å². The van der Waals surface area contributed by atoms with E-state index in [0.29, 0.717) is 5.57 Å². The molecule has 0 aromatic rings. The number of allylic oxidation sites excluding steroid dienone is 1. The molecule has 0 spiro atoms. The summed E-state index contributed by atoms with van der Waals surface area (Å²) >= 11 is 0. The van der Waals surface area contributed by atoms with E-state index in [1.54, 1.807) is 13.8 Å². The maximum atomic E-state index is 9.40. The van der Waals surface area contributed by atoms with Crippen molar-refractivity contribution in [3.8, 4) is 0 Å². The Balaban J connectivity index is 2.80.